The first-order valence-electron chi connectivity index (χ1n) is 10.0. The van der Waals surface area contributed by atoms with Gasteiger partial charge < -0.3 is 0 Å². The number of hydrogen-bond donors (Lipinski definition) is 1. The van der Waals surface area contributed by atoms with Crippen LogP contribution in [0.3, 0.4) is 0 Å². The van der Waals surface area contributed by atoms with E-state index in [1.54, 1.807) is 11.8 Å². The van der Waals surface area contributed by atoms with Gasteiger partial charge in [-0.05, 0) is 33.6 Å². The summed E-state index contributed by atoms with van der Waals surface area (Å²) < 4.78 is 3.99. The van der Waals surface area contributed by atoms with E-state index >= 15 is 0 Å². The predicted molar refractivity (Wildman–Crippen MR) is 111 cm³/mol. The van der Waals surface area contributed by atoms with Gasteiger partial charge in [0, 0.05) is 18.3 Å². The number of nitrogens with one attached hydrogen (secondary N) is 1. The molecule has 1 fully saturated rings. The molecule has 1 aliphatic carbocycles. The number of aliphatic imine (C=N–C) groups is 1. The highest BCUT2D eigenvalue weighted by atomic mass is 32.2. The number of aromatic amines is 1. The number of hydrogen-bond acceptors (Lipinski definition) is 4. The Morgan fingerprint density at radius 1 is 1.04 bits per heavy atom. The third-order valence-electron chi connectivity index (χ3n) is 6.02. The van der Waals surface area contributed by atoms with Crippen LogP contribution in [0, 0.1) is 13.8 Å². The van der Waals surface area contributed by atoms with E-state index in [2.05, 4.69) is 21.8 Å². The van der Waals surface area contributed by atoms with E-state index in [0.29, 0.717) is 6.04 Å². The lowest BCUT2D eigenvalue weighted by molar-refractivity contribution is 0.349. The number of fused-ring (bicyclic) bond motifs is 1. The Hall–Kier alpha value is -1.76. The average Bonchev–Trinajstić information content (AvgIpc) is 3.03. The summed E-state index contributed by atoms with van der Waals surface area (Å²) in [5, 5.41) is 8.70. The Labute approximate surface area is 164 Å². The molecular formula is C20H29N5OS. The van der Waals surface area contributed by atoms with Crippen LogP contribution in [0.15, 0.2) is 9.79 Å². The van der Waals surface area contributed by atoms with Gasteiger partial charge >= 0.3 is 0 Å². The lowest BCUT2D eigenvalue weighted by Crippen LogP contribution is -2.15. The van der Waals surface area contributed by atoms with Crippen molar-refractivity contribution in [2.24, 2.45) is 12.0 Å². The maximum Gasteiger partial charge on any atom is 0.271 e. The van der Waals surface area contributed by atoms with Gasteiger partial charge in [0.05, 0.1) is 27.6 Å². The van der Waals surface area contributed by atoms with Crippen molar-refractivity contribution in [1.82, 2.24) is 19.6 Å². The molecule has 146 valence electrons. The quantitative estimate of drug-likeness (QED) is 0.812. The SMILES string of the molecule is CC1=Nc2c(c(=O)[nH]n2C2CCCCCCC2)[C@H](c2c(C)nn(C)c2C)S1. The number of rotatable bonds is 2. The van der Waals surface area contributed by atoms with Gasteiger partial charge in [0.15, 0.2) is 5.82 Å². The second-order valence-corrected chi connectivity index (χ2v) is 9.18. The number of aryl methyl sites for hydroxylation is 2. The van der Waals surface area contributed by atoms with E-state index in [9.17, 15) is 4.79 Å². The average molecular weight is 388 g/mol. The van der Waals surface area contributed by atoms with E-state index in [1.807, 2.05) is 25.6 Å². The van der Waals surface area contributed by atoms with Crippen molar-refractivity contribution in [2.45, 2.75) is 77.0 Å². The zero-order valence-electron chi connectivity index (χ0n) is 16.7. The van der Waals surface area contributed by atoms with Gasteiger partial charge in [0.1, 0.15) is 0 Å². The summed E-state index contributed by atoms with van der Waals surface area (Å²) in [5.41, 5.74) is 4.06. The van der Waals surface area contributed by atoms with Crippen molar-refractivity contribution in [2.75, 3.05) is 0 Å². The molecule has 0 unspecified atom stereocenters. The smallest absolute Gasteiger partial charge is 0.271 e. The molecule has 0 radical (unpaired) electrons. The molecule has 3 heterocycles. The Kier molecular flexibility index (Phi) is 5.05. The van der Waals surface area contributed by atoms with Crippen LogP contribution in [0.2, 0.25) is 0 Å². The summed E-state index contributed by atoms with van der Waals surface area (Å²) in [6.07, 6.45) is 8.60. The summed E-state index contributed by atoms with van der Waals surface area (Å²) in [6.45, 7) is 6.15. The van der Waals surface area contributed by atoms with Gasteiger partial charge in [-0.15, -0.1) is 0 Å². The largest absolute Gasteiger partial charge is 0.272 e. The summed E-state index contributed by atoms with van der Waals surface area (Å²) in [4.78, 5) is 17.8. The fourth-order valence-corrected chi connectivity index (χ4v) is 5.81. The lowest BCUT2D eigenvalue weighted by Gasteiger charge is -2.25. The number of aromatic nitrogens is 4. The van der Waals surface area contributed by atoms with E-state index in [1.165, 1.54) is 32.1 Å². The van der Waals surface area contributed by atoms with Crippen LogP contribution in [0.5, 0.6) is 0 Å². The summed E-state index contributed by atoms with van der Waals surface area (Å²) in [6, 6.07) is 0.346. The van der Waals surface area contributed by atoms with E-state index in [4.69, 9.17) is 4.99 Å². The molecule has 6 nitrogen and oxygen atoms in total. The number of thioether (sulfide) groups is 1. The van der Waals surface area contributed by atoms with Crippen LogP contribution >= 0.6 is 11.8 Å². The first-order valence-corrected chi connectivity index (χ1v) is 10.9. The van der Waals surface area contributed by atoms with Crippen molar-refractivity contribution in [3.8, 4) is 0 Å². The van der Waals surface area contributed by atoms with Gasteiger partial charge in [-0.1, -0.05) is 43.9 Å². The molecule has 0 amide bonds. The van der Waals surface area contributed by atoms with E-state index in [0.717, 1.165) is 46.2 Å². The van der Waals surface area contributed by atoms with Crippen LogP contribution in [0.1, 0.15) is 85.7 Å². The van der Waals surface area contributed by atoms with Gasteiger partial charge in [-0.2, -0.15) is 5.10 Å². The maximum atomic E-state index is 13.0. The van der Waals surface area contributed by atoms with Crippen molar-refractivity contribution >= 4 is 22.6 Å². The molecule has 2 aliphatic rings. The van der Waals surface area contributed by atoms with Gasteiger partial charge in [0.25, 0.3) is 5.56 Å². The molecule has 2 aromatic rings. The highest BCUT2D eigenvalue weighted by molar-refractivity contribution is 8.14. The van der Waals surface area contributed by atoms with E-state index < -0.39 is 0 Å². The molecule has 1 atom stereocenters. The minimum Gasteiger partial charge on any atom is -0.272 e. The molecule has 1 saturated carbocycles. The Morgan fingerprint density at radius 3 is 2.33 bits per heavy atom. The second-order valence-electron chi connectivity index (χ2n) is 7.88. The molecule has 0 saturated heterocycles. The van der Waals surface area contributed by atoms with Crippen molar-refractivity contribution in [3.63, 3.8) is 0 Å². The monoisotopic (exact) mass is 387 g/mol. The molecule has 0 spiro atoms. The van der Waals surface area contributed by atoms with Crippen molar-refractivity contribution in [3.05, 3.63) is 32.9 Å². The summed E-state index contributed by atoms with van der Waals surface area (Å²) in [7, 11) is 1.96. The Morgan fingerprint density at radius 2 is 1.70 bits per heavy atom. The number of nitrogens with zero attached hydrogens (tertiary/aromatic N) is 4. The Bertz CT molecular complexity index is 927. The molecule has 0 bridgehead atoms. The molecule has 4 rings (SSSR count). The zero-order valence-corrected chi connectivity index (χ0v) is 17.5. The minimum absolute atomic E-state index is 0.00321. The van der Waals surface area contributed by atoms with E-state index in [-0.39, 0.29) is 10.8 Å². The fourth-order valence-electron chi connectivity index (χ4n) is 4.54. The summed E-state index contributed by atoms with van der Waals surface area (Å²) >= 11 is 1.67. The van der Waals surface area contributed by atoms with Gasteiger partial charge in [-0.25, -0.2) is 4.99 Å². The molecule has 2 aromatic heterocycles. The maximum absolute atomic E-state index is 13.0. The molecule has 0 aromatic carbocycles. The third kappa shape index (κ3) is 3.30. The Balaban J connectivity index is 1.81. The topological polar surface area (TPSA) is 68.0 Å². The highest BCUT2D eigenvalue weighted by Gasteiger charge is 2.34. The predicted octanol–water partition coefficient (Wildman–Crippen LogP) is 4.70. The van der Waals surface area contributed by atoms with Crippen molar-refractivity contribution < 1.29 is 0 Å². The van der Waals surface area contributed by atoms with Gasteiger partial charge in [-0.3, -0.25) is 19.3 Å². The van der Waals surface area contributed by atoms with Crippen LogP contribution in [0.4, 0.5) is 5.82 Å². The van der Waals surface area contributed by atoms with Crippen LogP contribution in [-0.4, -0.2) is 24.6 Å². The third-order valence-corrected chi connectivity index (χ3v) is 7.16. The van der Waals surface area contributed by atoms with Crippen LogP contribution < -0.4 is 5.56 Å². The molecule has 1 aliphatic heterocycles. The molecule has 1 N–H and O–H groups in total. The first-order chi connectivity index (χ1) is 13.0. The normalized spacial score (nSPS) is 21.5. The zero-order chi connectivity index (χ0) is 19.1. The number of H-pyrrole nitrogens is 1. The standard InChI is InChI=1S/C20H29N5OS/c1-12-16(13(2)24(4)22-12)18-17-19(21-14(3)27-18)25(23-20(17)26)15-10-8-6-5-7-9-11-15/h15,18H,5-11H2,1-4H3,(H,23,26)/t18-/m0/s1. The lowest BCUT2D eigenvalue weighted by atomic mass is 9.96. The highest BCUT2D eigenvalue weighted by Crippen LogP contribution is 2.46. The fraction of sp³-hybridized carbons (Fsp3) is 0.650. The van der Waals surface area contributed by atoms with Crippen LogP contribution in [0.25, 0.3) is 0 Å². The molecule has 7 heteroatoms. The van der Waals surface area contributed by atoms with Gasteiger partial charge in [0.2, 0.25) is 0 Å². The molecular weight excluding hydrogens is 358 g/mol. The second kappa shape index (κ2) is 7.34. The first kappa shape index (κ1) is 18.6. The summed E-state index contributed by atoms with van der Waals surface area (Å²) in [5.74, 6) is 0.842. The minimum atomic E-state index is -0.0373. The molecule has 27 heavy (non-hydrogen) atoms. The van der Waals surface area contributed by atoms with Crippen LogP contribution in [-0.2, 0) is 7.05 Å². The van der Waals surface area contributed by atoms with Crippen molar-refractivity contribution in [1.29, 1.82) is 0 Å².